The van der Waals surface area contributed by atoms with Crippen molar-refractivity contribution in [1.29, 1.82) is 0 Å². The first kappa shape index (κ1) is 18.0. The average Bonchev–Trinajstić information content (AvgIpc) is 2.36. The number of nitrogens with zero attached hydrogens (tertiary/aromatic N) is 1. The summed E-state index contributed by atoms with van der Waals surface area (Å²) in [7, 11) is 1.75. The van der Waals surface area contributed by atoms with Gasteiger partial charge in [0.1, 0.15) is 5.60 Å². The van der Waals surface area contributed by atoms with E-state index in [4.69, 9.17) is 4.74 Å². The van der Waals surface area contributed by atoms with Crippen molar-refractivity contribution in [2.45, 2.75) is 39.3 Å². The summed E-state index contributed by atoms with van der Waals surface area (Å²) in [6.07, 6.45) is -0.292. The van der Waals surface area contributed by atoms with E-state index in [9.17, 15) is 4.79 Å². The summed E-state index contributed by atoms with van der Waals surface area (Å²) < 4.78 is 6.38. The number of carbonyl (C=O) groups excluding carboxylic acids is 1. The number of likely N-dealkylation sites (N-methyl/N-ethyl adjacent to an activating group) is 1. The van der Waals surface area contributed by atoms with Gasteiger partial charge in [0.15, 0.2) is 0 Å². The average molecular weight is 357 g/mol. The van der Waals surface area contributed by atoms with E-state index < -0.39 is 5.60 Å². The summed E-state index contributed by atoms with van der Waals surface area (Å²) in [6, 6.07) is 8.43. The van der Waals surface area contributed by atoms with Gasteiger partial charge in [0.2, 0.25) is 0 Å². The first-order valence-corrected chi connectivity index (χ1v) is 7.91. The van der Waals surface area contributed by atoms with Crippen LogP contribution in [0.5, 0.6) is 0 Å². The number of rotatable bonds is 5. The lowest BCUT2D eigenvalue weighted by atomic mass is 10.1. The third-order valence-corrected chi connectivity index (χ3v) is 3.44. The number of nitrogens with one attached hydrogen (secondary N) is 1. The smallest absolute Gasteiger partial charge is 0.410 e. The molecule has 21 heavy (non-hydrogen) atoms. The molecule has 0 heterocycles. The van der Waals surface area contributed by atoms with Gasteiger partial charge in [-0.05, 0) is 45.4 Å². The molecule has 1 unspecified atom stereocenters. The molecule has 5 heteroatoms. The largest absolute Gasteiger partial charge is 0.444 e. The van der Waals surface area contributed by atoms with Gasteiger partial charge in [-0.15, -0.1) is 0 Å². The molecule has 0 aliphatic rings. The molecule has 1 rings (SSSR count). The number of hydrogen-bond donors (Lipinski definition) is 1. The third kappa shape index (κ3) is 6.96. The standard InChI is InChI=1S/C16H25BrN2O2/c1-12(13-7-6-8-14(17)11-13)18-9-10-19(5)15(20)21-16(2,3)4/h6-8,11-12,18H,9-10H2,1-5H3. The highest BCUT2D eigenvalue weighted by molar-refractivity contribution is 9.10. The lowest BCUT2D eigenvalue weighted by Crippen LogP contribution is -2.38. The third-order valence-electron chi connectivity index (χ3n) is 2.95. The summed E-state index contributed by atoms with van der Waals surface area (Å²) in [5.74, 6) is 0. The molecule has 0 saturated heterocycles. The molecule has 0 saturated carbocycles. The molecule has 1 atom stereocenters. The monoisotopic (exact) mass is 356 g/mol. The normalized spacial score (nSPS) is 12.9. The number of benzene rings is 1. The van der Waals surface area contributed by atoms with Crippen LogP contribution in [0.2, 0.25) is 0 Å². The van der Waals surface area contributed by atoms with Gasteiger partial charge in [-0.25, -0.2) is 4.79 Å². The molecule has 0 fully saturated rings. The second-order valence-corrected chi connectivity index (χ2v) is 7.05. The van der Waals surface area contributed by atoms with Crippen molar-refractivity contribution < 1.29 is 9.53 Å². The quantitative estimate of drug-likeness (QED) is 0.867. The second-order valence-electron chi connectivity index (χ2n) is 6.13. The van der Waals surface area contributed by atoms with E-state index in [1.807, 2.05) is 32.9 Å². The fourth-order valence-electron chi connectivity index (χ4n) is 1.77. The Bertz CT molecular complexity index is 472. The molecular weight excluding hydrogens is 332 g/mol. The minimum atomic E-state index is -0.456. The van der Waals surface area contributed by atoms with E-state index in [0.29, 0.717) is 13.1 Å². The summed E-state index contributed by atoms with van der Waals surface area (Å²) in [5.41, 5.74) is 0.756. The zero-order valence-electron chi connectivity index (χ0n) is 13.4. The summed E-state index contributed by atoms with van der Waals surface area (Å²) >= 11 is 3.47. The lowest BCUT2D eigenvalue weighted by molar-refractivity contribution is 0.0299. The van der Waals surface area contributed by atoms with Gasteiger partial charge in [0, 0.05) is 30.7 Å². The van der Waals surface area contributed by atoms with Crippen LogP contribution in [0.1, 0.15) is 39.3 Å². The summed E-state index contributed by atoms with van der Waals surface area (Å²) in [6.45, 7) is 9.02. The Hall–Kier alpha value is -1.07. The van der Waals surface area contributed by atoms with Crippen molar-refractivity contribution in [3.05, 3.63) is 34.3 Å². The number of halogens is 1. The first-order valence-electron chi connectivity index (χ1n) is 7.12. The minimum Gasteiger partial charge on any atom is -0.444 e. The Morgan fingerprint density at radius 2 is 2.10 bits per heavy atom. The molecule has 1 aromatic carbocycles. The van der Waals surface area contributed by atoms with Gasteiger partial charge < -0.3 is 15.0 Å². The van der Waals surface area contributed by atoms with Crippen LogP contribution >= 0.6 is 15.9 Å². The van der Waals surface area contributed by atoms with Gasteiger partial charge in [0.05, 0.1) is 0 Å². The van der Waals surface area contributed by atoms with Gasteiger partial charge in [-0.1, -0.05) is 28.1 Å². The zero-order chi connectivity index (χ0) is 16.0. The van der Waals surface area contributed by atoms with Crippen LogP contribution < -0.4 is 5.32 Å². The molecule has 118 valence electrons. The highest BCUT2D eigenvalue weighted by Gasteiger charge is 2.19. The molecule has 0 radical (unpaired) electrons. The van der Waals surface area contributed by atoms with Crippen LogP contribution in [0.15, 0.2) is 28.7 Å². The molecule has 4 nitrogen and oxygen atoms in total. The fourth-order valence-corrected chi connectivity index (χ4v) is 2.19. The predicted octanol–water partition coefficient (Wildman–Crippen LogP) is 3.97. The van der Waals surface area contributed by atoms with Crippen molar-refractivity contribution in [1.82, 2.24) is 10.2 Å². The maximum atomic E-state index is 11.8. The summed E-state index contributed by atoms with van der Waals surface area (Å²) in [5, 5.41) is 3.40. The second kappa shape index (κ2) is 7.80. The molecule has 0 aliphatic heterocycles. The molecule has 1 aromatic rings. The highest BCUT2D eigenvalue weighted by atomic mass is 79.9. The SMILES string of the molecule is CC(NCCN(C)C(=O)OC(C)(C)C)c1cccc(Br)c1. The Morgan fingerprint density at radius 3 is 2.67 bits per heavy atom. The maximum absolute atomic E-state index is 11.8. The van der Waals surface area contributed by atoms with Gasteiger partial charge in [0.25, 0.3) is 0 Å². The Morgan fingerprint density at radius 1 is 1.43 bits per heavy atom. The molecule has 0 aliphatic carbocycles. The fraction of sp³-hybridized carbons (Fsp3) is 0.562. The number of ether oxygens (including phenoxy) is 1. The van der Waals surface area contributed by atoms with Gasteiger partial charge in [-0.2, -0.15) is 0 Å². The van der Waals surface area contributed by atoms with E-state index in [1.165, 1.54) is 5.56 Å². The van der Waals surface area contributed by atoms with Crippen molar-refractivity contribution in [2.75, 3.05) is 20.1 Å². The highest BCUT2D eigenvalue weighted by Crippen LogP contribution is 2.17. The Balaban J connectivity index is 2.37. The lowest BCUT2D eigenvalue weighted by Gasteiger charge is -2.25. The number of hydrogen-bond acceptors (Lipinski definition) is 3. The van der Waals surface area contributed by atoms with E-state index in [-0.39, 0.29) is 12.1 Å². The summed E-state index contributed by atoms with van der Waals surface area (Å²) in [4.78, 5) is 13.4. The maximum Gasteiger partial charge on any atom is 0.410 e. The zero-order valence-corrected chi connectivity index (χ0v) is 15.0. The van der Waals surface area contributed by atoms with Crippen molar-refractivity contribution in [3.8, 4) is 0 Å². The molecule has 0 bridgehead atoms. The van der Waals surface area contributed by atoms with Gasteiger partial charge in [-0.3, -0.25) is 0 Å². The van der Waals surface area contributed by atoms with Crippen LogP contribution in [0.4, 0.5) is 4.79 Å². The van der Waals surface area contributed by atoms with Crippen molar-refractivity contribution >= 4 is 22.0 Å². The molecule has 1 N–H and O–H groups in total. The first-order chi connectivity index (χ1) is 9.69. The Kier molecular flexibility index (Phi) is 6.68. The van der Waals surface area contributed by atoms with Crippen LogP contribution in [0, 0.1) is 0 Å². The molecule has 0 aromatic heterocycles. The van der Waals surface area contributed by atoms with Crippen LogP contribution in [0.25, 0.3) is 0 Å². The van der Waals surface area contributed by atoms with Crippen molar-refractivity contribution in [3.63, 3.8) is 0 Å². The van der Waals surface area contributed by atoms with Crippen LogP contribution in [0.3, 0.4) is 0 Å². The van der Waals surface area contributed by atoms with E-state index in [1.54, 1.807) is 11.9 Å². The molecular formula is C16H25BrN2O2. The van der Waals surface area contributed by atoms with E-state index in [0.717, 1.165) is 4.47 Å². The molecule has 1 amide bonds. The van der Waals surface area contributed by atoms with E-state index in [2.05, 4.69) is 40.3 Å². The van der Waals surface area contributed by atoms with Crippen LogP contribution in [-0.2, 0) is 4.74 Å². The minimum absolute atomic E-state index is 0.231. The topological polar surface area (TPSA) is 41.6 Å². The number of carbonyl (C=O) groups is 1. The molecule has 0 spiro atoms. The number of amides is 1. The predicted molar refractivity (Wildman–Crippen MR) is 89.4 cm³/mol. The van der Waals surface area contributed by atoms with E-state index >= 15 is 0 Å². The van der Waals surface area contributed by atoms with Crippen LogP contribution in [-0.4, -0.2) is 36.7 Å². The van der Waals surface area contributed by atoms with Crippen molar-refractivity contribution in [2.24, 2.45) is 0 Å². The Labute approximate surface area is 136 Å². The van der Waals surface area contributed by atoms with Gasteiger partial charge >= 0.3 is 6.09 Å².